The second kappa shape index (κ2) is 5.10. The molecule has 0 saturated carbocycles. The second-order valence-electron chi connectivity index (χ2n) is 5.27. The molecular weight excluding hydrogens is 236 g/mol. The normalized spacial score (nSPS) is 14.6. The fourth-order valence-electron chi connectivity index (χ4n) is 2.19. The molecule has 19 heavy (non-hydrogen) atoms. The fourth-order valence-corrected chi connectivity index (χ4v) is 2.19. The van der Waals surface area contributed by atoms with Gasteiger partial charge in [-0.2, -0.15) is 0 Å². The lowest BCUT2D eigenvalue weighted by Crippen LogP contribution is -2.48. The number of fused-ring (bicyclic) bond motifs is 1. The molecule has 0 spiro atoms. The summed E-state index contributed by atoms with van der Waals surface area (Å²) >= 11 is 0. The average Bonchev–Trinajstić information content (AvgIpc) is 2.44. The van der Waals surface area contributed by atoms with Crippen molar-refractivity contribution in [3.63, 3.8) is 0 Å². The number of nitrogens with zero attached hydrogens (tertiary/aromatic N) is 2. The summed E-state index contributed by atoms with van der Waals surface area (Å²) < 4.78 is 0. The van der Waals surface area contributed by atoms with Gasteiger partial charge in [-0.3, -0.25) is 14.7 Å². The highest BCUT2D eigenvalue weighted by atomic mass is 16.1. The van der Waals surface area contributed by atoms with Crippen LogP contribution >= 0.6 is 0 Å². The Hall–Kier alpha value is -1.74. The molecule has 0 amide bonds. The van der Waals surface area contributed by atoms with Crippen LogP contribution < -0.4 is 0 Å². The van der Waals surface area contributed by atoms with Crippen LogP contribution in [0.15, 0.2) is 36.5 Å². The summed E-state index contributed by atoms with van der Waals surface area (Å²) in [5.74, 6) is 0.123. The van der Waals surface area contributed by atoms with E-state index < -0.39 is 5.54 Å². The van der Waals surface area contributed by atoms with Gasteiger partial charge in [0.1, 0.15) is 0 Å². The Bertz CT molecular complexity index is 606. The van der Waals surface area contributed by atoms with E-state index in [1.165, 1.54) is 0 Å². The Morgan fingerprint density at radius 2 is 2.00 bits per heavy atom. The number of hydrogen-bond donors (Lipinski definition) is 0. The van der Waals surface area contributed by atoms with Crippen molar-refractivity contribution < 1.29 is 4.79 Å². The molecule has 100 valence electrons. The first-order valence-electron chi connectivity index (χ1n) is 6.56. The minimum atomic E-state index is -0.482. The van der Waals surface area contributed by atoms with Gasteiger partial charge >= 0.3 is 0 Å². The van der Waals surface area contributed by atoms with Gasteiger partial charge in [0.15, 0.2) is 5.78 Å². The zero-order chi connectivity index (χ0) is 14.0. The number of aromatic nitrogens is 1. The van der Waals surface area contributed by atoms with Crippen molar-refractivity contribution in [2.75, 3.05) is 14.1 Å². The Morgan fingerprint density at radius 3 is 2.63 bits per heavy atom. The average molecular weight is 256 g/mol. The molecule has 3 heteroatoms. The molecule has 0 saturated heterocycles. The van der Waals surface area contributed by atoms with Gasteiger partial charge in [-0.15, -0.1) is 0 Å². The van der Waals surface area contributed by atoms with E-state index in [1.54, 1.807) is 6.20 Å². The summed E-state index contributed by atoms with van der Waals surface area (Å²) in [6.07, 6.45) is 2.45. The first-order valence-corrected chi connectivity index (χ1v) is 6.56. The molecule has 2 aromatic rings. The van der Waals surface area contributed by atoms with Crippen molar-refractivity contribution in [2.24, 2.45) is 0 Å². The smallest absolute Gasteiger partial charge is 0.184 e. The summed E-state index contributed by atoms with van der Waals surface area (Å²) in [6.45, 7) is 4.01. The lowest BCUT2D eigenvalue weighted by molar-refractivity contribution is 0.0710. The Balaban J connectivity index is 2.46. The van der Waals surface area contributed by atoms with E-state index >= 15 is 0 Å². The second-order valence-corrected chi connectivity index (χ2v) is 5.27. The molecule has 0 aliphatic carbocycles. The third-order valence-electron chi connectivity index (χ3n) is 4.02. The molecule has 1 unspecified atom stereocenters. The lowest BCUT2D eigenvalue weighted by atomic mass is 9.88. The molecule has 0 bridgehead atoms. The standard InChI is InChI=1S/C16H20N2O/c1-5-16(2,18(3)4)15(19)13-10-12-8-6-7-9-14(12)17-11-13/h6-11H,5H2,1-4H3. The van der Waals surface area contributed by atoms with Crippen LogP contribution in [-0.2, 0) is 0 Å². The molecule has 1 heterocycles. The lowest BCUT2D eigenvalue weighted by Gasteiger charge is -2.34. The molecule has 2 rings (SSSR count). The zero-order valence-electron chi connectivity index (χ0n) is 12.0. The van der Waals surface area contributed by atoms with Crippen LogP contribution in [0.4, 0.5) is 0 Å². The summed E-state index contributed by atoms with van der Waals surface area (Å²) in [5.41, 5.74) is 1.11. The highest BCUT2D eigenvalue weighted by Gasteiger charge is 2.34. The van der Waals surface area contributed by atoms with Gasteiger partial charge in [-0.1, -0.05) is 25.1 Å². The van der Waals surface area contributed by atoms with E-state index in [4.69, 9.17) is 0 Å². The van der Waals surface area contributed by atoms with Crippen LogP contribution in [0.1, 0.15) is 30.6 Å². The largest absolute Gasteiger partial charge is 0.297 e. The van der Waals surface area contributed by atoms with Crippen LogP contribution in [0.2, 0.25) is 0 Å². The molecule has 1 atom stereocenters. The maximum absolute atomic E-state index is 12.7. The van der Waals surface area contributed by atoms with Crippen LogP contribution in [0.3, 0.4) is 0 Å². The number of pyridine rings is 1. The minimum absolute atomic E-state index is 0.123. The number of benzene rings is 1. The van der Waals surface area contributed by atoms with Crippen molar-refractivity contribution in [1.82, 2.24) is 9.88 Å². The van der Waals surface area contributed by atoms with E-state index in [1.807, 2.05) is 63.2 Å². The van der Waals surface area contributed by atoms with E-state index in [-0.39, 0.29) is 5.78 Å². The molecule has 3 nitrogen and oxygen atoms in total. The van der Waals surface area contributed by atoms with E-state index in [9.17, 15) is 4.79 Å². The number of carbonyl (C=O) groups excluding carboxylic acids is 1. The fraction of sp³-hybridized carbons (Fsp3) is 0.375. The van der Waals surface area contributed by atoms with Crippen molar-refractivity contribution in [2.45, 2.75) is 25.8 Å². The van der Waals surface area contributed by atoms with Crippen molar-refractivity contribution in [3.8, 4) is 0 Å². The van der Waals surface area contributed by atoms with E-state index in [0.29, 0.717) is 5.56 Å². The van der Waals surface area contributed by atoms with Crippen molar-refractivity contribution in [1.29, 1.82) is 0 Å². The van der Waals surface area contributed by atoms with Gasteiger partial charge in [0.05, 0.1) is 11.1 Å². The minimum Gasteiger partial charge on any atom is -0.297 e. The SMILES string of the molecule is CCC(C)(C(=O)c1cnc2ccccc2c1)N(C)C. The van der Waals surface area contributed by atoms with Crippen LogP contribution in [0.25, 0.3) is 10.9 Å². The highest BCUT2D eigenvalue weighted by molar-refractivity contribution is 6.04. The predicted molar refractivity (Wildman–Crippen MR) is 78.5 cm³/mol. The summed E-state index contributed by atoms with van der Waals surface area (Å²) in [6, 6.07) is 9.78. The number of Topliss-reactive ketones (excluding diaryl/α,β-unsaturated/α-hetero) is 1. The summed E-state index contributed by atoms with van der Waals surface area (Å²) in [7, 11) is 3.88. The number of hydrogen-bond acceptors (Lipinski definition) is 3. The predicted octanol–water partition coefficient (Wildman–Crippen LogP) is 3.15. The summed E-state index contributed by atoms with van der Waals surface area (Å²) in [4.78, 5) is 19.0. The molecule has 0 aliphatic rings. The topological polar surface area (TPSA) is 33.2 Å². The number of rotatable bonds is 4. The Labute approximate surface area is 114 Å². The number of para-hydroxylation sites is 1. The van der Waals surface area contributed by atoms with Crippen LogP contribution in [-0.4, -0.2) is 35.3 Å². The first kappa shape index (κ1) is 13.7. The van der Waals surface area contributed by atoms with E-state index in [0.717, 1.165) is 17.3 Å². The molecule has 1 aromatic carbocycles. The first-order chi connectivity index (χ1) is 8.99. The third-order valence-corrected chi connectivity index (χ3v) is 4.02. The third kappa shape index (κ3) is 2.38. The van der Waals surface area contributed by atoms with Gasteiger partial charge in [-0.25, -0.2) is 0 Å². The van der Waals surface area contributed by atoms with Gasteiger partial charge in [-0.05, 0) is 39.6 Å². The van der Waals surface area contributed by atoms with Gasteiger partial charge in [0.25, 0.3) is 0 Å². The van der Waals surface area contributed by atoms with Gasteiger partial charge in [0, 0.05) is 17.1 Å². The maximum atomic E-state index is 12.7. The van der Waals surface area contributed by atoms with Gasteiger partial charge < -0.3 is 0 Å². The zero-order valence-corrected chi connectivity index (χ0v) is 12.0. The Morgan fingerprint density at radius 1 is 1.32 bits per heavy atom. The number of carbonyl (C=O) groups is 1. The molecule has 0 aliphatic heterocycles. The highest BCUT2D eigenvalue weighted by Crippen LogP contribution is 2.23. The molecule has 1 aromatic heterocycles. The van der Waals surface area contributed by atoms with E-state index in [2.05, 4.69) is 4.98 Å². The summed E-state index contributed by atoms with van der Waals surface area (Å²) in [5, 5.41) is 1.01. The quantitative estimate of drug-likeness (QED) is 0.788. The molecule has 0 fully saturated rings. The van der Waals surface area contributed by atoms with Crippen molar-refractivity contribution >= 4 is 16.7 Å². The maximum Gasteiger partial charge on any atom is 0.184 e. The van der Waals surface area contributed by atoms with Crippen LogP contribution in [0, 0.1) is 0 Å². The number of ketones is 1. The van der Waals surface area contributed by atoms with Crippen molar-refractivity contribution in [3.05, 3.63) is 42.1 Å². The monoisotopic (exact) mass is 256 g/mol. The molecule has 0 radical (unpaired) electrons. The molecular formula is C16H20N2O. The number of likely N-dealkylation sites (N-methyl/N-ethyl adjacent to an activating group) is 1. The molecule has 0 N–H and O–H groups in total. The van der Waals surface area contributed by atoms with Gasteiger partial charge in [0.2, 0.25) is 0 Å². The van der Waals surface area contributed by atoms with Crippen LogP contribution in [0.5, 0.6) is 0 Å². The Kier molecular flexibility index (Phi) is 3.67.